The van der Waals surface area contributed by atoms with Gasteiger partial charge in [0.15, 0.2) is 0 Å². The molecule has 0 atom stereocenters. The first-order valence-electron chi connectivity index (χ1n) is 7.96. The summed E-state index contributed by atoms with van der Waals surface area (Å²) in [5.41, 5.74) is 1.11. The molecule has 114 valence electrons. The Labute approximate surface area is 124 Å². The van der Waals surface area contributed by atoms with Crippen LogP contribution in [-0.2, 0) is 15.7 Å². The summed E-state index contributed by atoms with van der Waals surface area (Å²) >= 11 is 0. The van der Waals surface area contributed by atoms with Gasteiger partial charge in [-0.1, -0.05) is 69.9 Å². The number of hydrogen-bond donors (Lipinski definition) is 0. The first-order valence-corrected chi connectivity index (χ1v) is 9.96. The summed E-state index contributed by atoms with van der Waals surface area (Å²) in [6, 6.07) is 10.0. The molecular formula is C17H29O2P. The van der Waals surface area contributed by atoms with Gasteiger partial charge in [0.2, 0.25) is 7.37 Å². The van der Waals surface area contributed by atoms with Crippen molar-refractivity contribution in [1.29, 1.82) is 0 Å². The van der Waals surface area contributed by atoms with Gasteiger partial charge in [0.1, 0.15) is 0 Å². The highest BCUT2D eigenvalue weighted by atomic mass is 31.2. The SMILES string of the molecule is CCCCCP(=O)(CCCCC)OCc1ccccc1. The van der Waals surface area contributed by atoms with Crippen LogP contribution in [0.4, 0.5) is 0 Å². The van der Waals surface area contributed by atoms with Gasteiger partial charge in [0.25, 0.3) is 0 Å². The van der Waals surface area contributed by atoms with E-state index < -0.39 is 7.37 Å². The fraction of sp³-hybridized carbons (Fsp3) is 0.647. The van der Waals surface area contributed by atoms with Crippen LogP contribution in [0.2, 0.25) is 0 Å². The molecule has 20 heavy (non-hydrogen) atoms. The standard InChI is InChI=1S/C17H29O2P/c1-3-5-10-14-20(18,15-11-6-4-2)19-16-17-12-8-7-9-13-17/h7-9,12-13H,3-6,10-11,14-16H2,1-2H3. The number of unbranched alkanes of at least 4 members (excludes halogenated alkanes) is 4. The van der Waals surface area contributed by atoms with Crippen LogP contribution in [0.3, 0.4) is 0 Å². The van der Waals surface area contributed by atoms with Gasteiger partial charge in [-0.15, -0.1) is 0 Å². The quantitative estimate of drug-likeness (QED) is 0.377. The Balaban J connectivity index is 2.49. The van der Waals surface area contributed by atoms with E-state index in [9.17, 15) is 4.57 Å². The average Bonchev–Trinajstić information content (AvgIpc) is 2.47. The average molecular weight is 296 g/mol. The van der Waals surface area contributed by atoms with Gasteiger partial charge < -0.3 is 4.52 Å². The van der Waals surface area contributed by atoms with Crippen molar-refractivity contribution in [2.75, 3.05) is 12.3 Å². The molecule has 1 aromatic carbocycles. The largest absolute Gasteiger partial charge is 0.324 e. The van der Waals surface area contributed by atoms with E-state index in [-0.39, 0.29) is 0 Å². The molecule has 0 bridgehead atoms. The van der Waals surface area contributed by atoms with Crippen molar-refractivity contribution in [1.82, 2.24) is 0 Å². The summed E-state index contributed by atoms with van der Waals surface area (Å²) in [6.45, 7) is 4.83. The second kappa shape index (κ2) is 10.2. The minimum absolute atomic E-state index is 0.483. The molecule has 0 aliphatic carbocycles. The lowest BCUT2D eigenvalue weighted by Gasteiger charge is -2.18. The van der Waals surface area contributed by atoms with Crippen molar-refractivity contribution in [2.24, 2.45) is 0 Å². The minimum Gasteiger partial charge on any atom is -0.324 e. The monoisotopic (exact) mass is 296 g/mol. The third-order valence-corrected chi connectivity index (χ3v) is 6.11. The molecule has 0 unspecified atom stereocenters. The Bertz CT molecular complexity index is 375. The van der Waals surface area contributed by atoms with Crippen LogP contribution in [0.5, 0.6) is 0 Å². The van der Waals surface area contributed by atoms with Gasteiger partial charge in [0.05, 0.1) is 6.61 Å². The Hall–Kier alpha value is -0.590. The van der Waals surface area contributed by atoms with E-state index >= 15 is 0 Å². The maximum Gasteiger partial charge on any atom is 0.203 e. The summed E-state index contributed by atoms with van der Waals surface area (Å²) in [6.07, 6.45) is 8.15. The molecule has 3 heteroatoms. The summed E-state index contributed by atoms with van der Waals surface area (Å²) in [7, 11) is -2.44. The topological polar surface area (TPSA) is 26.3 Å². The molecule has 1 aromatic rings. The van der Waals surface area contributed by atoms with Crippen LogP contribution in [0.1, 0.15) is 57.9 Å². The molecule has 0 radical (unpaired) electrons. The van der Waals surface area contributed by atoms with E-state index in [0.29, 0.717) is 6.61 Å². The number of rotatable bonds is 11. The molecular weight excluding hydrogens is 267 g/mol. The highest BCUT2D eigenvalue weighted by Gasteiger charge is 2.22. The predicted octanol–water partition coefficient (Wildman–Crippen LogP) is 5.86. The zero-order valence-electron chi connectivity index (χ0n) is 13.0. The highest BCUT2D eigenvalue weighted by Crippen LogP contribution is 2.49. The Morgan fingerprint density at radius 2 is 1.45 bits per heavy atom. The molecule has 1 rings (SSSR count). The number of hydrogen-bond acceptors (Lipinski definition) is 2. The molecule has 0 saturated carbocycles. The third-order valence-electron chi connectivity index (χ3n) is 3.51. The summed E-state index contributed by atoms with van der Waals surface area (Å²) in [5, 5.41) is 0. The van der Waals surface area contributed by atoms with Gasteiger partial charge in [0, 0.05) is 12.3 Å². The second-order valence-corrected chi connectivity index (χ2v) is 8.22. The van der Waals surface area contributed by atoms with E-state index in [1.807, 2.05) is 30.3 Å². The molecule has 2 nitrogen and oxygen atoms in total. The molecule has 0 spiro atoms. The van der Waals surface area contributed by atoms with E-state index in [2.05, 4.69) is 13.8 Å². The second-order valence-electron chi connectivity index (χ2n) is 5.44. The first-order chi connectivity index (χ1) is 9.70. The molecule has 0 aliphatic heterocycles. The number of benzene rings is 1. The van der Waals surface area contributed by atoms with Crippen LogP contribution in [-0.4, -0.2) is 12.3 Å². The molecule has 0 N–H and O–H groups in total. The van der Waals surface area contributed by atoms with Gasteiger partial charge in [-0.3, -0.25) is 4.57 Å². The highest BCUT2D eigenvalue weighted by molar-refractivity contribution is 7.58. The molecule has 0 saturated heterocycles. The zero-order chi connectivity index (χ0) is 14.7. The first kappa shape index (κ1) is 17.5. The van der Waals surface area contributed by atoms with E-state index in [0.717, 1.165) is 56.4 Å². The van der Waals surface area contributed by atoms with Gasteiger partial charge in [-0.05, 0) is 18.4 Å². The lowest BCUT2D eigenvalue weighted by atomic mass is 10.2. The van der Waals surface area contributed by atoms with E-state index in [1.54, 1.807) is 0 Å². The van der Waals surface area contributed by atoms with Crippen LogP contribution in [0.25, 0.3) is 0 Å². The molecule has 0 fully saturated rings. The molecule has 0 amide bonds. The Kier molecular flexibility index (Phi) is 8.89. The lowest BCUT2D eigenvalue weighted by Crippen LogP contribution is -2.01. The van der Waals surface area contributed by atoms with Crippen LogP contribution in [0.15, 0.2) is 30.3 Å². The molecule has 0 heterocycles. The van der Waals surface area contributed by atoms with Crippen molar-refractivity contribution in [3.8, 4) is 0 Å². The van der Waals surface area contributed by atoms with Crippen molar-refractivity contribution < 1.29 is 9.09 Å². The van der Waals surface area contributed by atoms with E-state index in [4.69, 9.17) is 4.52 Å². The summed E-state index contributed by atoms with van der Waals surface area (Å²) < 4.78 is 18.8. The van der Waals surface area contributed by atoms with Crippen molar-refractivity contribution >= 4 is 7.37 Å². The normalized spacial score (nSPS) is 11.7. The fourth-order valence-electron chi connectivity index (χ4n) is 2.21. The third kappa shape index (κ3) is 7.26. The molecule has 0 aliphatic rings. The predicted molar refractivity (Wildman–Crippen MR) is 87.6 cm³/mol. The van der Waals surface area contributed by atoms with Gasteiger partial charge in [-0.25, -0.2) is 0 Å². The molecule has 0 aromatic heterocycles. The minimum atomic E-state index is -2.44. The zero-order valence-corrected chi connectivity index (χ0v) is 13.9. The van der Waals surface area contributed by atoms with E-state index in [1.165, 1.54) is 0 Å². The van der Waals surface area contributed by atoms with Crippen LogP contribution in [0, 0.1) is 0 Å². The summed E-state index contributed by atoms with van der Waals surface area (Å²) in [5.74, 6) is 0. The smallest absolute Gasteiger partial charge is 0.203 e. The van der Waals surface area contributed by atoms with Gasteiger partial charge in [-0.2, -0.15) is 0 Å². The van der Waals surface area contributed by atoms with Gasteiger partial charge >= 0.3 is 0 Å². The Morgan fingerprint density at radius 3 is 1.95 bits per heavy atom. The van der Waals surface area contributed by atoms with Crippen LogP contribution < -0.4 is 0 Å². The maximum absolute atomic E-state index is 12.9. The Morgan fingerprint density at radius 1 is 0.900 bits per heavy atom. The summed E-state index contributed by atoms with van der Waals surface area (Å²) in [4.78, 5) is 0. The van der Waals surface area contributed by atoms with Crippen molar-refractivity contribution in [3.05, 3.63) is 35.9 Å². The maximum atomic E-state index is 12.9. The van der Waals surface area contributed by atoms with Crippen molar-refractivity contribution in [2.45, 2.75) is 59.0 Å². The van der Waals surface area contributed by atoms with Crippen molar-refractivity contribution in [3.63, 3.8) is 0 Å². The fourth-order valence-corrected chi connectivity index (χ4v) is 4.49. The lowest BCUT2D eigenvalue weighted by molar-refractivity contribution is 0.301. The van der Waals surface area contributed by atoms with Crippen LogP contribution >= 0.6 is 7.37 Å².